The minimum Gasteiger partial charge on any atom is -0.508 e. The summed E-state index contributed by atoms with van der Waals surface area (Å²) in [6.45, 7) is 4.35. The van der Waals surface area contributed by atoms with Gasteiger partial charge in [0.05, 0.1) is 25.4 Å². The van der Waals surface area contributed by atoms with Crippen LogP contribution in [0.25, 0.3) is 0 Å². The lowest BCUT2D eigenvalue weighted by Crippen LogP contribution is -2.24. The molecular formula is C15H24NO7P. The summed E-state index contributed by atoms with van der Waals surface area (Å²) in [5, 5.41) is 21.5. The van der Waals surface area contributed by atoms with Gasteiger partial charge in [-0.05, 0) is 44.9 Å². The number of hydrogen-bond donors (Lipinski definition) is 3. The molecule has 136 valence electrons. The Balaban J connectivity index is 2.30. The van der Waals surface area contributed by atoms with Crippen LogP contribution >= 0.6 is 7.82 Å². The molecule has 1 amide bonds. The van der Waals surface area contributed by atoms with Crippen LogP contribution in [0.4, 0.5) is 0 Å². The lowest BCUT2D eigenvalue weighted by molar-refractivity contribution is 0.0945. The number of hydrogen-bond acceptors (Lipinski definition) is 7. The largest absolute Gasteiger partial charge is 0.508 e. The molecule has 0 heterocycles. The number of phosphoric acid groups is 1. The number of carbonyl (C=O) groups excluding carboxylic acids is 1. The molecule has 1 rings (SSSR count). The van der Waals surface area contributed by atoms with Crippen molar-refractivity contribution in [1.82, 2.24) is 5.32 Å². The van der Waals surface area contributed by atoms with Gasteiger partial charge in [0.25, 0.3) is 5.91 Å². The van der Waals surface area contributed by atoms with E-state index in [0.29, 0.717) is 19.4 Å². The standard InChI is InChI=1S/C15H24NO7P/c1-3-21-24(20,22-4-2)23-10-6-5-9-16-15(19)13-11-12(17)7-8-14(13)18/h7-8,11,17-18H,3-6,9-10H2,1-2H3,(H,16,19). The third kappa shape index (κ3) is 6.88. The first-order valence-corrected chi connectivity index (χ1v) is 9.21. The van der Waals surface area contributed by atoms with Crippen molar-refractivity contribution in [2.24, 2.45) is 0 Å². The summed E-state index contributed by atoms with van der Waals surface area (Å²) < 4.78 is 27.2. The van der Waals surface area contributed by atoms with Gasteiger partial charge in [-0.2, -0.15) is 0 Å². The Morgan fingerprint density at radius 2 is 1.79 bits per heavy atom. The van der Waals surface area contributed by atoms with Crippen molar-refractivity contribution in [3.63, 3.8) is 0 Å². The highest BCUT2D eigenvalue weighted by molar-refractivity contribution is 7.48. The van der Waals surface area contributed by atoms with E-state index in [2.05, 4.69) is 5.32 Å². The maximum atomic E-state index is 12.0. The zero-order chi connectivity index (χ0) is 18.0. The molecule has 0 unspecified atom stereocenters. The number of unbranched alkanes of at least 4 members (excludes halogenated alkanes) is 1. The van der Waals surface area contributed by atoms with Gasteiger partial charge in [0, 0.05) is 6.54 Å². The van der Waals surface area contributed by atoms with E-state index in [1.54, 1.807) is 13.8 Å². The first-order valence-electron chi connectivity index (χ1n) is 7.75. The number of aromatic hydroxyl groups is 2. The maximum Gasteiger partial charge on any atom is 0.474 e. The second-order valence-electron chi connectivity index (χ2n) is 4.78. The highest BCUT2D eigenvalue weighted by atomic mass is 31.2. The van der Waals surface area contributed by atoms with Gasteiger partial charge in [-0.3, -0.25) is 18.4 Å². The SMILES string of the molecule is CCOP(=O)(OCC)OCCCCNC(=O)c1cc(O)ccc1O. The van der Waals surface area contributed by atoms with E-state index in [1.165, 1.54) is 18.2 Å². The molecule has 0 spiro atoms. The Bertz CT molecular complexity index is 569. The number of phenolic OH excluding ortho intramolecular Hbond substituents is 2. The van der Waals surface area contributed by atoms with Crippen molar-refractivity contribution in [3.8, 4) is 11.5 Å². The first kappa shape index (κ1) is 20.4. The lowest BCUT2D eigenvalue weighted by atomic mass is 10.1. The van der Waals surface area contributed by atoms with Crippen LogP contribution in [-0.2, 0) is 18.1 Å². The highest BCUT2D eigenvalue weighted by Gasteiger charge is 2.24. The number of carbonyl (C=O) groups is 1. The molecule has 3 N–H and O–H groups in total. The van der Waals surface area contributed by atoms with Crippen LogP contribution in [-0.4, -0.2) is 42.5 Å². The molecule has 0 bridgehead atoms. The van der Waals surface area contributed by atoms with Crippen LogP contribution in [0.5, 0.6) is 11.5 Å². The van der Waals surface area contributed by atoms with Crippen molar-refractivity contribution in [2.75, 3.05) is 26.4 Å². The molecule has 9 heteroatoms. The van der Waals surface area contributed by atoms with Gasteiger partial charge in [-0.15, -0.1) is 0 Å². The molecule has 0 fully saturated rings. The van der Waals surface area contributed by atoms with Crippen LogP contribution in [0.2, 0.25) is 0 Å². The summed E-state index contributed by atoms with van der Waals surface area (Å²) in [6.07, 6.45) is 1.11. The molecule has 8 nitrogen and oxygen atoms in total. The maximum absolute atomic E-state index is 12.0. The molecule has 0 radical (unpaired) electrons. The normalized spacial score (nSPS) is 11.4. The molecule has 0 saturated carbocycles. The minimum absolute atomic E-state index is 0.00319. The summed E-state index contributed by atoms with van der Waals surface area (Å²) in [6, 6.07) is 3.73. The fourth-order valence-electron chi connectivity index (χ4n) is 1.83. The Labute approximate surface area is 141 Å². The van der Waals surface area contributed by atoms with E-state index in [1.807, 2.05) is 0 Å². The second-order valence-corrected chi connectivity index (χ2v) is 6.45. The molecular weight excluding hydrogens is 337 g/mol. The van der Waals surface area contributed by atoms with Crippen LogP contribution in [0, 0.1) is 0 Å². The molecule has 0 aliphatic rings. The highest BCUT2D eigenvalue weighted by Crippen LogP contribution is 2.49. The fourth-order valence-corrected chi connectivity index (χ4v) is 3.04. The predicted octanol–water partition coefficient (Wildman–Crippen LogP) is 2.81. The number of phenols is 2. The molecule has 0 saturated heterocycles. The predicted molar refractivity (Wildman–Crippen MR) is 88.1 cm³/mol. The average Bonchev–Trinajstić information content (AvgIpc) is 2.53. The third-order valence-corrected chi connectivity index (χ3v) is 4.55. The van der Waals surface area contributed by atoms with Gasteiger partial charge >= 0.3 is 7.82 Å². The number of rotatable bonds is 11. The van der Waals surface area contributed by atoms with Gasteiger partial charge in [0.1, 0.15) is 11.5 Å². The lowest BCUT2D eigenvalue weighted by Gasteiger charge is -2.16. The van der Waals surface area contributed by atoms with E-state index >= 15 is 0 Å². The van der Waals surface area contributed by atoms with Gasteiger partial charge in [-0.25, -0.2) is 4.57 Å². The molecule has 0 aromatic heterocycles. The zero-order valence-corrected chi connectivity index (χ0v) is 14.8. The molecule has 0 atom stereocenters. The summed E-state index contributed by atoms with van der Waals surface area (Å²) >= 11 is 0. The average molecular weight is 361 g/mol. The van der Waals surface area contributed by atoms with Gasteiger partial charge in [0.15, 0.2) is 0 Å². The molecule has 24 heavy (non-hydrogen) atoms. The fraction of sp³-hybridized carbons (Fsp3) is 0.533. The van der Waals surface area contributed by atoms with E-state index in [-0.39, 0.29) is 36.9 Å². The Morgan fingerprint density at radius 1 is 1.12 bits per heavy atom. The van der Waals surface area contributed by atoms with Crippen molar-refractivity contribution >= 4 is 13.7 Å². The van der Waals surface area contributed by atoms with Crippen molar-refractivity contribution in [1.29, 1.82) is 0 Å². The van der Waals surface area contributed by atoms with Crippen molar-refractivity contribution in [3.05, 3.63) is 23.8 Å². The molecule has 1 aromatic rings. The quantitative estimate of drug-likeness (QED) is 0.315. The van der Waals surface area contributed by atoms with Gasteiger partial charge < -0.3 is 15.5 Å². The molecule has 1 aromatic carbocycles. The van der Waals surface area contributed by atoms with E-state index in [0.717, 1.165) is 0 Å². The third-order valence-electron chi connectivity index (χ3n) is 2.91. The number of benzene rings is 1. The Kier molecular flexibility index (Phi) is 8.78. The van der Waals surface area contributed by atoms with Gasteiger partial charge in [-0.1, -0.05) is 0 Å². The number of phosphoric ester groups is 1. The van der Waals surface area contributed by atoms with E-state index in [4.69, 9.17) is 13.6 Å². The van der Waals surface area contributed by atoms with Crippen molar-refractivity contribution < 1.29 is 33.1 Å². The van der Waals surface area contributed by atoms with Gasteiger partial charge in [0.2, 0.25) is 0 Å². The summed E-state index contributed by atoms with van der Waals surface area (Å²) in [5.74, 6) is -0.796. The van der Waals surface area contributed by atoms with Crippen molar-refractivity contribution in [2.45, 2.75) is 26.7 Å². The van der Waals surface area contributed by atoms with Crippen LogP contribution in [0.1, 0.15) is 37.0 Å². The Morgan fingerprint density at radius 3 is 2.42 bits per heavy atom. The first-order chi connectivity index (χ1) is 11.4. The van der Waals surface area contributed by atoms with E-state index in [9.17, 15) is 19.6 Å². The summed E-state index contributed by atoms with van der Waals surface area (Å²) in [7, 11) is -3.50. The van der Waals surface area contributed by atoms with E-state index < -0.39 is 13.7 Å². The Hall–Kier alpha value is -1.60. The second kappa shape index (κ2) is 10.3. The van der Waals surface area contributed by atoms with Crippen LogP contribution in [0.15, 0.2) is 18.2 Å². The molecule has 0 aliphatic heterocycles. The minimum atomic E-state index is -3.50. The number of amides is 1. The summed E-state index contributed by atoms with van der Waals surface area (Å²) in [5.41, 5.74) is 0.00319. The van der Waals surface area contributed by atoms with Crippen LogP contribution < -0.4 is 5.32 Å². The molecule has 0 aliphatic carbocycles. The number of nitrogens with one attached hydrogen (secondary N) is 1. The van der Waals surface area contributed by atoms with Crippen LogP contribution in [0.3, 0.4) is 0 Å². The summed E-state index contributed by atoms with van der Waals surface area (Å²) in [4.78, 5) is 11.9. The zero-order valence-electron chi connectivity index (χ0n) is 13.9. The monoisotopic (exact) mass is 361 g/mol. The topological polar surface area (TPSA) is 114 Å². The smallest absolute Gasteiger partial charge is 0.474 e.